The SMILES string of the molecule is Cc1nc(-c2cccc(-c3ccccc3)c2)sc1C.c1nn[nH]n1. The second kappa shape index (κ2) is 7.61. The Balaban J connectivity index is 0.000000290. The van der Waals surface area contributed by atoms with E-state index in [0.717, 1.165) is 10.7 Å². The number of hydrogen-bond acceptors (Lipinski definition) is 5. The fraction of sp³-hybridized carbons (Fsp3) is 0.111. The highest BCUT2D eigenvalue weighted by Gasteiger charge is 2.07. The van der Waals surface area contributed by atoms with E-state index in [2.05, 4.69) is 88.0 Å². The van der Waals surface area contributed by atoms with Crippen LogP contribution in [-0.4, -0.2) is 25.6 Å². The number of aromatic nitrogens is 5. The number of rotatable bonds is 2. The van der Waals surface area contributed by atoms with Gasteiger partial charge in [0.15, 0.2) is 6.33 Å². The third kappa shape index (κ3) is 3.91. The topological polar surface area (TPSA) is 67.3 Å². The van der Waals surface area contributed by atoms with Crippen molar-refractivity contribution in [2.45, 2.75) is 13.8 Å². The fourth-order valence-electron chi connectivity index (χ4n) is 2.19. The molecule has 0 radical (unpaired) electrons. The molecule has 0 atom stereocenters. The summed E-state index contributed by atoms with van der Waals surface area (Å²) in [7, 11) is 0. The second-order valence-corrected chi connectivity index (χ2v) is 6.37. The van der Waals surface area contributed by atoms with Crippen molar-refractivity contribution in [2.24, 2.45) is 0 Å². The summed E-state index contributed by atoms with van der Waals surface area (Å²) in [6.07, 6.45) is 1.33. The molecule has 0 spiro atoms. The first-order valence-electron chi connectivity index (χ1n) is 7.50. The van der Waals surface area contributed by atoms with Crippen molar-refractivity contribution >= 4 is 11.3 Å². The van der Waals surface area contributed by atoms with Crippen LogP contribution in [0.25, 0.3) is 21.7 Å². The number of nitrogens with one attached hydrogen (secondary N) is 1. The van der Waals surface area contributed by atoms with E-state index in [9.17, 15) is 0 Å². The van der Waals surface area contributed by atoms with Crippen LogP contribution in [0.2, 0.25) is 0 Å². The molecule has 0 fully saturated rings. The molecule has 0 amide bonds. The minimum atomic E-state index is 1.10. The molecule has 0 saturated heterocycles. The van der Waals surface area contributed by atoms with Gasteiger partial charge < -0.3 is 0 Å². The minimum Gasteiger partial charge on any atom is -0.241 e. The van der Waals surface area contributed by atoms with Crippen LogP contribution in [0.5, 0.6) is 0 Å². The molecule has 0 unspecified atom stereocenters. The molecule has 2 aromatic carbocycles. The van der Waals surface area contributed by atoms with Gasteiger partial charge in [-0.15, -0.1) is 21.5 Å². The lowest BCUT2D eigenvalue weighted by Crippen LogP contribution is -1.80. The van der Waals surface area contributed by atoms with Crippen LogP contribution in [-0.2, 0) is 0 Å². The molecule has 5 nitrogen and oxygen atoms in total. The van der Waals surface area contributed by atoms with Gasteiger partial charge in [0.25, 0.3) is 0 Å². The van der Waals surface area contributed by atoms with Crippen LogP contribution in [0.3, 0.4) is 0 Å². The number of hydrogen-bond donors (Lipinski definition) is 1. The lowest BCUT2D eigenvalue weighted by atomic mass is 10.0. The molecule has 0 aliphatic carbocycles. The fourth-order valence-corrected chi connectivity index (χ4v) is 3.10. The van der Waals surface area contributed by atoms with Crippen molar-refractivity contribution in [1.29, 1.82) is 0 Å². The zero-order valence-corrected chi connectivity index (χ0v) is 14.3. The Morgan fingerprint density at radius 3 is 2.21 bits per heavy atom. The number of tetrazole rings is 1. The molecule has 2 heterocycles. The van der Waals surface area contributed by atoms with E-state index in [4.69, 9.17) is 0 Å². The lowest BCUT2D eigenvalue weighted by molar-refractivity contribution is 0.881. The van der Waals surface area contributed by atoms with Crippen LogP contribution in [0.1, 0.15) is 10.6 Å². The Bertz CT molecular complexity index is 848. The summed E-state index contributed by atoms with van der Waals surface area (Å²) in [6.45, 7) is 4.19. The van der Waals surface area contributed by atoms with Gasteiger partial charge in [-0.3, -0.25) is 0 Å². The highest BCUT2D eigenvalue weighted by molar-refractivity contribution is 7.15. The van der Waals surface area contributed by atoms with Gasteiger partial charge in [0.1, 0.15) is 5.01 Å². The molecule has 2 aromatic heterocycles. The molecule has 0 aliphatic heterocycles. The van der Waals surface area contributed by atoms with Crippen LogP contribution >= 0.6 is 11.3 Å². The molecule has 24 heavy (non-hydrogen) atoms. The number of H-pyrrole nitrogens is 1. The van der Waals surface area contributed by atoms with Gasteiger partial charge in [0.05, 0.1) is 5.69 Å². The molecular formula is C18H17N5S. The van der Waals surface area contributed by atoms with Crippen LogP contribution in [0.4, 0.5) is 0 Å². The molecule has 4 aromatic rings. The summed E-state index contributed by atoms with van der Waals surface area (Å²) >= 11 is 1.76. The zero-order valence-electron chi connectivity index (χ0n) is 13.5. The predicted molar refractivity (Wildman–Crippen MR) is 96.6 cm³/mol. The summed E-state index contributed by atoms with van der Waals surface area (Å²) < 4.78 is 0. The number of thiazole rings is 1. The third-order valence-electron chi connectivity index (χ3n) is 3.51. The first-order valence-corrected chi connectivity index (χ1v) is 8.32. The Morgan fingerprint density at radius 1 is 0.875 bits per heavy atom. The standard InChI is InChI=1S/C17H15NS.CH2N4/c1-12-13(2)19-17(18-12)16-10-6-9-15(11-16)14-7-4-3-5-8-14;1-2-4-5-3-1/h3-11H,1-2H3;1H,(H,2,3,4,5). The Hall–Kier alpha value is -2.86. The predicted octanol–water partition coefficient (Wildman–Crippen LogP) is 4.29. The van der Waals surface area contributed by atoms with E-state index >= 15 is 0 Å². The molecule has 0 aliphatic rings. The highest BCUT2D eigenvalue weighted by atomic mass is 32.1. The third-order valence-corrected chi connectivity index (χ3v) is 4.64. The summed E-state index contributed by atoms with van der Waals surface area (Å²) in [5, 5.41) is 13.3. The van der Waals surface area contributed by atoms with Crippen molar-refractivity contribution in [3.05, 3.63) is 71.5 Å². The van der Waals surface area contributed by atoms with Gasteiger partial charge in [-0.2, -0.15) is 5.21 Å². The van der Waals surface area contributed by atoms with E-state index in [1.54, 1.807) is 11.3 Å². The molecule has 0 bridgehead atoms. The monoisotopic (exact) mass is 335 g/mol. The summed E-state index contributed by atoms with van der Waals surface area (Å²) in [6, 6.07) is 19.0. The van der Waals surface area contributed by atoms with Crippen LogP contribution < -0.4 is 0 Å². The Labute approximate surface area is 144 Å². The molecule has 120 valence electrons. The maximum absolute atomic E-state index is 4.63. The lowest BCUT2D eigenvalue weighted by Gasteiger charge is -2.03. The molecule has 6 heteroatoms. The van der Waals surface area contributed by atoms with E-state index < -0.39 is 0 Å². The minimum absolute atomic E-state index is 1.10. The summed E-state index contributed by atoms with van der Waals surface area (Å²) in [5.41, 5.74) is 4.81. The quantitative estimate of drug-likeness (QED) is 0.593. The maximum atomic E-state index is 4.63. The largest absolute Gasteiger partial charge is 0.241 e. The number of aryl methyl sites for hydroxylation is 2. The van der Waals surface area contributed by atoms with Crippen molar-refractivity contribution in [3.63, 3.8) is 0 Å². The number of benzene rings is 2. The summed E-state index contributed by atoms with van der Waals surface area (Å²) in [5.74, 6) is 0. The van der Waals surface area contributed by atoms with Gasteiger partial charge in [0.2, 0.25) is 0 Å². The maximum Gasteiger partial charge on any atom is 0.161 e. The van der Waals surface area contributed by atoms with Crippen molar-refractivity contribution < 1.29 is 0 Å². The zero-order chi connectivity index (χ0) is 16.8. The highest BCUT2D eigenvalue weighted by Crippen LogP contribution is 2.30. The van der Waals surface area contributed by atoms with E-state index in [1.807, 2.05) is 6.07 Å². The van der Waals surface area contributed by atoms with E-state index in [-0.39, 0.29) is 0 Å². The summed E-state index contributed by atoms with van der Waals surface area (Å²) in [4.78, 5) is 5.93. The van der Waals surface area contributed by atoms with Gasteiger partial charge in [-0.1, -0.05) is 53.7 Å². The normalized spacial score (nSPS) is 10.1. The Kier molecular flexibility index (Phi) is 5.08. The number of aromatic amines is 1. The van der Waals surface area contributed by atoms with E-state index in [1.165, 1.54) is 27.9 Å². The van der Waals surface area contributed by atoms with Gasteiger partial charge >= 0.3 is 0 Å². The molecule has 0 saturated carbocycles. The average molecular weight is 335 g/mol. The Morgan fingerprint density at radius 2 is 1.62 bits per heavy atom. The van der Waals surface area contributed by atoms with Crippen LogP contribution in [0.15, 0.2) is 60.9 Å². The number of nitrogens with zero attached hydrogens (tertiary/aromatic N) is 4. The van der Waals surface area contributed by atoms with Crippen molar-refractivity contribution in [2.75, 3.05) is 0 Å². The second-order valence-electron chi connectivity index (χ2n) is 5.17. The molecular weight excluding hydrogens is 318 g/mol. The van der Waals surface area contributed by atoms with Gasteiger partial charge in [-0.05, 0) is 31.0 Å². The van der Waals surface area contributed by atoms with Crippen molar-refractivity contribution in [1.82, 2.24) is 25.6 Å². The first kappa shape index (κ1) is 16.0. The molecule has 1 N–H and O–H groups in total. The van der Waals surface area contributed by atoms with Crippen LogP contribution in [0, 0.1) is 13.8 Å². The first-order chi connectivity index (χ1) is 11.7. The average Bonchev–Trinajstić information content (AvgIpc) is 3.30. The van der Waals surface area contributed by atoms with Crippen molar-refractivity contribution in [3.8, 4) is 21.7 Å². The molecule has 4 rings (SSSR count). The van der Waals surface area contributed by atoms with Gasteiger partial charge in [-0.25, -0.2) is 4.98 Å². The smallest absolute Gasteiger partial charge is 0.161 e. The van der Waals surface area contributed by atoms with Gasteiger partial charge in [0, 0.05) is 10.4 Å². The van der Waals surface area contributed by atoms with E-state index in [0.29, 0.717) is 0 Å².